The lowest BCUT2D eigenvalue weighted by Gasteiger charge is -2.19. The molecule has 1 heterocycles. The van der Waals surface area contributed by atoms with Crippen LogP contribution in [0.15, 0.2) is 18.2 Å². The molecule has 3 rings (SSSR count). The van der Waals surface area contributed by atoms with Crippen LogP contribution in [-0.2, 0) is 23.9 Å². The molecule has 0 bridgehead atoms. The number of fused-ring (bicyclic) bond motifs is 1. The Bertz CT molecular complexity index is 765. The second-order valence-corrected chi connectivity index (χ2v) is 7.27. The summed E-state index contributed by atoms with van der Waals surface area (Å²) in [4.78, 5) is 49.6. The van der Waals surface area contributed by atoms with Gasteiger partial charge in [-0.2, -0.15) is 0 Å². The maximum absolute atomic E-state index is 12.3. The van der Waals surface area contributed by atoms with E-state index in [2.05, 4.69) is 5.32 Å². The molecule has 0 aromatic heterocycles. The number of anilines is 1. The number of benzene rings is 1. The highest BCUT2D eigenvalue weighted by Gasteiger charge is 2.48. The quantitative estimate of drug-likeness (QED) is 0.630. The number of hydrogen-bond donors (Lipinski definition) is 1. The number of carbonyl (C=O) groups is 4. The van der Waals surface area contributed by atoms with Gasteiger partial charge in [0.1, 0.15) is 6.54 Å². The zero-order valence-electron chi connectivity index (χ0n) is 15.6. The van der Waals surface area contributed by atoms with Gasteiger partial charge >= 0.3 is 5.97 Å². The van der Waals surface area contributed by atoms with Gasteiger partial charge in [0.2, 0.25) is 11.8 Å². The van der Waals surface area contributed by atoms with Crippen LogP contribution in [0.25, 0.3) is 0 Å². The summed E-state index contributed by atoms with van der Waals surface area (Å²) in [5.41, 5.74) is 2.77. The third-order valence-electron chi connectivity index (χ3n) is 5.37. The van der Waals surface area contributed by atoms with Gasteiger partial charge in [0.25, 0.3) is 5.91 Å². The van der Waals surface area contributed by atoms with E-state index in [-0.39, 0.29) is 23.7 Å². The van der Waals surface area contributed by atoms with Gasteiger partial charge in [0.15, 0.2) is 6.61 Å². The molecule has 0 spiro atoms. The Kier molecular flexibility index (Phi) is 5.58. The van der Waals surface area contributed by atoms with E-state index in [1.807, 2.05) is 26.0 Å². The average molecular weight is 372 g/mol. The number of carbonyl (C=O) groups excluding carboxylic acids is 4. The number of ether oxygens (including phenoxy) is 1. The Balaban J connectivity index is 1.49. The fraction of sp³-hybridized carbons (Fsp3) is 0.500. The molecule has 2 fully saturated rings. The van der Waals surface area contributed by atoms with Crippen molar-refractivity contribution >= 4 is 29.4 Å². The Hall–Kier alpha value is -2.70. The molecule has 3 amide bonds. The number of hydrogen-bond acceptors (Lipinski definition) is 5. The summed E-state index contributed by atoms with van der Waals surface area (Å²) in [5, 5.41) is 2.65. The van der Waals surface area contributed by atoms with E-state index < -0.39 is 25.0 Å². The van der Waals surface area contributed by atoms with E-state index in [1.54, 1.807) is 6.07 Å². The number of imide groups is 1. The minimum atomic E-state index is -0.759. The van der Waals surface area contributed by atoms with Crippen LogP contribution in [-0.4, -0.2) is 41.7 Å². The Morgan fingerprint density at radius 3 is 2.30 bits per heavy atom. The number of rotatable bonds is 5. The van der Waals surface area contributed by atoms with Crippen LogP contribution < -0.4 is 5.32 Å². The number of amides is 3. The fourth-order valence-corrected chi connectivity index (χ4v) is 3.72. The second-order valence-electron chi connectivity index (χ2n) is 7.27. The molecule has 0 unspecified atom stereocenters. The number of nitrogens with zero attached hydrogens (tertiary/aromatic N) is 1. The van der Waals surface area contributed by atoms with Crippen molar-refractivity contribution in [2.45, 2.75) is 39.5 Å². The predicted octanol–water partition coefficient (Wildman–Crippen LogP) is 1.96. The van der Waals surface area contributed by atoms with E-state index in [1.165, 1.54) is 0 Å². The molecule has 2 atom stereocenters. The van der Waals surface area contributed by atoms with Gasteiger partial charge in [-0.3, -0.25) is 24.1 Å². The Morgan fingerprint density at radius 2 is 1.70 bits per heavy atom. The van der Waals surface area contributed by atoms with Crippen molar-refractivity contribution in [1.29, 1.82) is 0 Å². The van der Waals surface area contributed by atoms with Crippen molar-refractivity contribution in [3.05, 3.63) is 29.3 Å². The summed E-state index contributed by atoms with van der Waals surface area (Å²) in [6.45, 7) is 3.02. The number of likely N-dealkylation sites (tertiary alicyclic amines) is 1. The highest BCUT2D eigenvalue weighted by molar-refractivity contribution is 6.07. The minimum absolute atomic E-state index is 0.291. The molecule has 144 valence electrons. The molecule has 1 aromatic carbocycles. The van der Waals surface area contributed by atoms with E-state index in [9.17, 15) is 19.2 Å². The van der Waals surface area contributed by atoms with Crippen LogP contribution in [0.2, 0.25) is 0 Å². The summed E-state index contributed by atoms with van der Waals surface area (Å²) < 4.78 is 4.94. The Labute approximate surface area is 158 Å². The first-order chi connectivity index (χ1) is 12.9. The monoisotopic (exact) mass is 372 g/mol. The first-order valence-corrected chi connectivity index (χ1v) is 9.25. The standard InChI is InChI=1S/C20H24N2O5/c1-12-7-8-14(9-13(12)2)21-17(23)11-27-18(24)10-22-19(25)15-5-3-4-6-16(15)20(22)26/h7-9,15-16H,3-6,10-11H2,1-2H3,(H,21,23)/t15-,16-/m0/s1. The third-order valence-corrected chi connectivity index (χ3v) is 5.37. The molecule has 27 heavy (non-hydrogen) atoms. The summed E-state index contributed by atoms with van der Waals surface area (Å²) in [7, 11) is 0. The van der Waals surface area contributed by atoms with Gasteiger partial charge < -0.3 is 10.1 Å². The maximum atomic E-state index is 12.3. The van der Waals surface area contributed by atoms with Gasteiger partial charge in [-0.15, -0.1) is 0 Å². The lowest BCUT2D eigenvalue weighted by molar-refractivity contribution is -0.154. The van der Waals surface area contributed by atoms with Gasteiger partial charge in [-0.05, 0) is 49.9 Å². The first kappa shape index (κ1) is 19.1. The molecule has 7 nitrogen and oxygen atoms in total. The SMILES string of the molecule is Cc1ccc(NC(=O)COC(=O)CN2C(=O)[C@H]3CCCC[C@@H]3C2=O)cc1C. The zero-order chi connectivity index (χ0) is 19.6. The molecule has 2 aliphatic rings. The second kappa shape index (κ2) is 7.90. The maximum Gasteiger partial charge on any atom is 0.326 e. The van der Waals surface area contributed by atoms with Crippen molar-refractivity contribution in [2.24, 2.45) is 11.8 Å². The summed E-state index contributed by atoms with van der Waals surface area (Å²) in [6, 6.07) is 5.49. The zero-order valence-corrected chi connectivity index (χ0v) is 15.6. The van der Waals surface area contributed by atoms with Crippen LogP contribution in [0.4, 0.5) is 5.69 Å². The molecular formula is C20H24N2O5. The molecule has 0 radical (unpaired) electrons. The lowest BCUT2D eigenvalue weighted by atomic mass is 9.81. The molecule has 1 saturated heterocycles. The fourth-order valence-electron chi connectivity index (χ4n) is 3.72. The summed E-state index contributed by atoms with van der Waals surface area (Å²) >= 11 is 0. The van der Waals surface area contributed by atoms with Crippen LogP contribution in [0, 0.1) is 25.7 Å². The molecule has 1 aliphatic carbocycles. The van der Waals surface area contributed by atoms with Gasteiger partial charge in [0.05, 0.1) is 11.8 Å². The largest absolute Gasteiger partial charge is 0.454 e. The minimum Gasteiger partial charge on any atom is -0.454 e. The van der Waals surface area contributed by atoms with Gasteiger partial charge in [-0.25, -0.2) is 0 Å². The number of nitrogens with one attached hydrogen (secondary N) is 1. The highest BCUT2D eigenvalue weighted by atomic mass is 16.5. The number of esters is 1. The van der Waals surface area contributed by atoms with E-state index >= 15 is 0 Å². The lowest BCUT2D eigenvalue weighted by Crippen LogP contribution is -2.37. The number of aryl methyl sites for hydroxylation is 2. The van der Waals surface area contributed by atoms with Crippen molar-refractivity contribution in [2.75, 3.05) is 18.5 Å². The summed E-state index contributed by atoms with van der Waals surface area (Å²) in [5.74, 6) is -2.41. The van der Waals surface area contributed by atoms with Crippen molar-refractivity contribution in [3.63, 3.8) is 0 Å². The molecule has 1 saturated carbocycles. The third kappa shape index (κ3) is 4.18. The van der Waals surface area contributed by atoms with Crippen molar-refractivity contribution in [1.82, 2.24) is 4.90 Å². The summed E-state index contributed by atoms with van der Waals surface area (Å²) in [6.07, 6.45) is 3.24. The van der Waals surface area contributed by atoms with Gasteiger partial charge in [-0.1, -0.05) is 18.9 Å². The predicted molar refractivity (Wildman–Crippen MR) is 97.7 cm³/mol. The molecule has 1 N–H and O–H groups in total. The average Bonchev–Trinajstić information content (AvgIpc) is 2.88. The van der Waals surface area contributed by atoms with Crippen LogP contribution >= 0.6 is 0 Å². The van der Waals surface area contributed by atoms with E-state index in [0.717, 1.165) is 28.9 Å². The van der Waals surface area contributed by atoms with Crippen molar-refractivity contribution < 1.29 is 23.9 Å². The molecule has 1 aliphatic heterocycles. The van der Waals surface area contributed by atoms with Crippen LogP contribution in [0.3, 0.4) is 0 Å². The Morgan fingerprint density at radius 1 is 1.07 bits per heavy atom. The normalized spacial score (nSPS) is 21.8. The molecule has 1 aromatic rings. The van der Waals surface area contributed by atoms with Gasteiger partial charge in [0, 0.05) is 5.69 Å². The molecule has 7 heteroatoms. The topological polar surface area (TPSA) is 92.8 Å². The van der Waals surface area contributed by atoms with Crippen molar-refractivity contribution in [3.8, 4) is 0 Å². The van der Waals surface area contributed by atoms with Crippen LogP contribution in [0.5, 0.6) is 0 Å². The van der Waals surface area contributed by atoms with Crippen LogP contribution in [0.1, 0.15) is 36.8 Å². The highest BCUT2D eigenvalue weighted by Crippen LogP contribution is 2.37. The first-order valence-electron chi connectivity index (χ1n) is 9.25. The van der Waals surface area contributed by atoms with E-state index in [0.29, 0.717) is 18.5 Å². The molecular weight excluding hydrogens is 348 g/mol. The smallest absolute Gasteiger partial charge is 0.326 e. The van der Waals surface area contributed by atoms with E-state index in [4.69, 9.17) is 4.74 Å².